The van der Waals surface area contributed by atoms with Crippen molar-refractivity contribution in [1.29, 1.82) is 0 Å². The molecule has 0 bridgehead atoms. The second-order valence-corrected chi connectivity index (χ2v) is 7.98. The minimum Gasteiger partial charge on any atom is -0.308 e. The predicted molar refractivity (Wildman–Crippen MR) is 87.3 cm³/mol. The number of nitrogens with one attached hydrogen (secondary N) is 1. The van der Waals surface area contributed by atoms with Crippen molar-refractivity contribution in [2.75, 3.05) is 13.1 Å². The van der Waals surface area contributed by atoms with Crippen molar-refractivity contribution in [2.24, 2.45) is 5.92 Å². The van der Waals surface area contributed by atoms with Gasteiger partial charge >= 0.3 is 0 Å². The molecule has 3 fully saturated rings. The number of piperazine rings is 1. The van der Waals surface area contributed by atoms with Gasteiger partial charge in [-0.05, 0) is 57.4 Å². The molecular weight excluding hydrogens is 256 g/mol. The molecule has 1 heterocycles. The summed E-state index contributed by atoms with van der Waals surface area (Å²) in [5, 5.41) is 3.91. The molecule has 0 amide bonds. The fourth-order valence-corrected chi connectivity index (χ4v) is 4.47. The molecule has 3 aliphatic rings. The zero-order valence-corrected chi connectivity index (χ0v) is 13.4. The summed E-state index contributed by atoms with van der Waals surface area (Å²) in [5.74, 6) is 0.903. The third-order valence-electron chi connectivity index (χ3n) is 6.36. The van der Waals surface area contributed by atoms with Gasteiger partial charge in [0.1, 0.15) is 0 Å². The van der Waals surface area contributed by atoms with Crippen LogP contribution in [0.2, 0.25) is 0 Å². The van der Waals surface area contributed by atoms with E-state index >= 15 is 0 Å². The summed E-state index contributed by atoms with van der Waals surface area (Å²) >= 11 is 0. The van der Waals surface area contributed by atoms with Crippen molar-refractivity contribution in [3.05, 3.63) is 35.9 Å². The molecule has 4 rings (SSSR count). The predicted octanol–water partition coefficient (Wildman–Crippen LogP) is 3.74. The Balaban J connectivity index is 1.63. The Morgan fingerprint density at radius 3 is 2.38 bits per heavy atom. The molecule has 0 aromatic heterocycles. The van der Waals surface area contributed by atoms with Crippen LogP contribution >= 0.6 is 0 Å². The van der Waals surface area contributed by atoms with Crippen LogP contribution in [0, 0.1) is 5.92 Å². The number of benzene rings is 1. The van der Waals surface area contributed by atoms with Crippen LogP contribution < -0.4 is 5.32 Å². The van der Waals surface area contributed by atoms with Crippen molar-refractivity contribution in [2.45, 2.75) is 63.1 Å². The van der Waals surface area contributed by atoms with Crippen LogP contribution in [0.5, 0.6) is 0 Å². The van der Waals surface area contributed by atoms with Crippen LogP contribution in [-0.4, -0.2) is 29.1 Å². The average Bonchev–Trinajstić information content (AvgIpc) is 3.31. The van der Waals surface area contributed by atoms with E-state index in [2.05, 4.69) is 54.4 Å². The third kappa shape index (κ3) is 2.33. The highest BCUT2D eigenvalue weighted by Crippen LogP contribution is 2.48. The van der Waals surface area contributed by atoms with Gasteiger partial charge in [0.05, 0.1) is 0 Å². The van der Waals surface area contributed by atoms with Gasteiger partial charge in [-0.15, -0.1) is 0 Å². The normalized spacial score (nSPS) is 36.2. The standard InChI is InChI=1S/C19H28N2/c1-18(11-6-12-18)21-14-19(2,16-9-10-16)20-13-17(21)15-7-4-3-5-8-15/h3-5,7-8,16-17,20H,6,9-14H2,1-2H3. The zero-order valence-electron chi connectivity index (χ0n) is 13.4. The molecule has 1 aromatic rings. The SMILES string of the molecule is CC1(C2CC2)CN(C2(C)CCC2)C(c2ccccc2)CN1. The molecule has 1 N–H and O–H groups in total. The highest BCUT2D eigenvalue weighted by molar-refractivity contribution is 5.23. The highest BCUT2D eigenvalue weighted by Gasteiger charge is 2.51. The van der Waals surface area contributed by atoms with Gasteiger partial charge in [0.25, 0.3) is 0 Å². The lowest BCUT2D eigenvalue weighted by Crippen LogP contribution is -2.67. The second kappa shape index (κ2) is 4.82. The van der Waals surface area contributed by atoms with Crippen molar-refractivity contribution >= 4 is 0 Å². The topological polar surface area (TPSA) is 15.3 Å². The fourth-order valence-electron chi connectivity index (χ4n) is 4.47. The largest absolute Gasteiger partial charge is 0.308 e. The molecule has 21 heavy (non-hydrogen) atoms. The summed E-state index contributed by atoms with van der Waals surface area (Å²) in [5.41, 5.74) is 2.25. The van der Waals surface area contributed by atoms with Crippen molar-refractivity contribution < 1.29 is 0 Å². The van der Waals surface area contributed by atoms with Gasteiger partial charge in [-0.2, -0.15) is 0 Å². The Morgan fingerprint density at radius 1 is 1.10 bits per heavy atom. The van der Waals surface area contributed by atoms with Gasteiger partial charge in [0, 0.05) is 30.2 Å². The first-order valence-corrected chi connectivity index (χ1v) is 8.68. The van der Waals surface area contributed by atoms with E-state index < -0.39 is 0 Å². The molecule has 1 saturated heterocycles. The van der Waals surface area contributed by atoms with Gasteiger partial charge < -0.3 is 5.32 Å². The molecule has 2 unspecified atom stereocenters. The van der Waals surface area contributed by atoms with E-state index in [0.717, 1.165) is 12.5 Å². The van der Waals surface area contributed by atoms with E-state index in [1.165, 1.54) is 44.2 Å². The fraction of sp³-hybridized carbons (Fsp3) is 0.684. The Kier molecular flexibility index (Phi) is 3.16. The maximum absolute atomic E-state index is 3.91. The maximum Gasteiger partial charge on any atom is 0.0479 e. The van der Waals surface area contributed by atoms with Crippen LogP contribution in [0.3, 0.4) is 0 Å². The molecule has 2 saturated carbocycles. The van der Waals surface area contributed by atoms with E-state index in [1.807, 2.05) is 0 Å². The summed E-state index contributed by atoms with van der Waals surface area (Å²) in [7, 11) is 0. The molecule has 2 aliphatic carbocycles. The molecule has 1 aromatic carbocycles. The van der Waals surface area contributed by atoms with E-state index in [4.69, 9.17) is 0 Å². The van der Waals surface area contributed by atoms with Crippen molar-refractivity contribution in [1.82, 2.24) is 10.2 Å². The molecule has 2 heteroatoms. The summed E-state index contributed by atoms with van der Waals surface area (Å²) in [4.78, 5) is 2.85. The first-order valence-electron chi connectivity index (χ1n) is 8.68. The molecule has 2 atom stereocenters. The Hall–Kier alpha value is -0.860. The van der Waals surface area contributed by atoms with Gasteiger partial charge in [0.15, 0.2) is 0 Å². The molecule has 0 radical (unpaired) electrons. The van der Waals surface area contributed by atoms with Gasteiger partial charge in [0.2, 0.25) is 0 Å². The molecule has 2 nitrogen and oxygen atoms in total. The van der Waals surface area contributed by atoms with E-state index in [1.54, 1.807) is 0 Å². The van der Waals surface area contributed by atoms with Gasteiger partial charge in [-0.3, -0.25) is 4.90 Å². The lowest BCUT2D eigenvalue weighted by molar-refractivity contribution is -0.0516. The Bertz CT molecular complexity index is 504. The summed E-state index contributed by atoms with van der Waals surface area (Å²) in [6.45, 7) is 7.27. The maximum atomic E-state index is 3.91. The summed E-state index contributed by atoms with van der Waals surface area (Å²) in [6, 6.07) is 11.7. The average molecular weight is 284 g/mol. The molecular formula is C19H28N2. The minimum atomic E-state index is 0.337. The molecule has 0 spiro atoms. The first kappa shape index (κ1) is 13.8. The third-order valence-corrected chi connectivity index (χ3v) is 6.36. The Morgan fingerprint density at radius 2 is 1.81 bits per heavy atom. The van der Waals surface area contributed by atoms with Gasteiger partial charge in [-0.1, -0.05) is 30.3 Å². The van der Waals surface area contributed by atoms with Crippen LogP contribution in [-0.2, 0) is 0 Å². The van der Waals surface area contributed by atoms with Crippen molar-refractivity contribution in [3.8, 4) is 0 Å². The summed E-state index contributed by atoms with van der Waals surface area (Å²) in [6.07, 6.45) is 6.99. The lowest BCUT2D eigenvalue weighted by atomic mass is 9.73. The second-order valence-electron chi connectivity index (χ2n) is 7.98. The van der Waals surface area contributed by atoms with E-state index in [0.29, 0.717) is 17.1 Å². The minimum absolute atomic E-state index is 0.337. The van der Waals surface area contributed by atoms with E-state index in [-0.39, 0.29) is 0 Å². The van der Waals surface area contributed by atoms with Gasteiger partial charge in [-0.25, -0.2) is 0 Å². The van der Waals surface area contributed by atoms with Crippen LogP contribution in [0.15, 0.2) is 30.3 Å². The van der Waals surface area contributed by atoms with Crippen LogP contribution in [0.1, 0.15) is 57.6 Å². The number of hydrogen-bond acceptors (Lipinski definition) is 2. The Labute approximate surface area is 128 Å². The lowest BCUT2D eigenvalue weighted by Gasteiger charge is -2.57. The highest BCUT2D eigenvalue weighted by atomic mass is 15.3. The van der Waals surface area contributed by atoms with Crippen molar-refractivity contribution in [3.63, 3.8) is 0 Å². The first-order chi connectivity index (χ1) is 10.1. The number of rotatable bonds is 3. The zero-order chi connectivity index (χ0) is 14.5. The molecule has 114 valence electrons. The molecule has 1 aliphatic heterocycles. The summed E-state index contributed by atoms with van der Waals surface area (Å²) < 4.78 is 0. The van der Waals surface area contributed by atoms with Crippen LogP contribution in [0.25, 0.3) is 0 Å². The number of nitrogens with zero attached hydrogens (tertiary/aromatic N) is 1. The monoisotopic (exact) mass is 284 g/mol. The van der Waals surface area contributed by atoms with Crippen LogP contribution in [0.4, 0.5) is 0 Å². The smallest absolute Gasteiger partial charge is 0.0479 e. The number of hydrogen-bond donors (Lipinski definition) is 1. The quantitative estimate of drug-likeness (QED) is 0.909. The van der Waals surface area contributed by atoms with E-state index in [9.17, 15) is 0 Å².